The number of carbonyl (C=O) groups excluding carboxylic acids is 2. The van der Waals surface area contributed by atoms with Crippen LogP contribution in [-0.2, 0) is 13.0 Å². The van der Waals surface area contributed by atoms with Crippen LogP contribution in [0.5, 0.6) is 5.75 Å². The summed E-state index contributed by atoms with van der Waals surface area (Å²) in [5.41, 5.74) is 2.53. The predicted molar refractivity (Wildman–Crippen MR) is 113 cm³/mol. The quantitative estimate of drug-likeness (QED) is 0.550. The highest BCUT2D eigenvalue weighted by molar-refractivity contribution is 7.13. The van der Waals surface area contributed by atoms with Crippen molar-refractivity contribution in [2.24, 2.45) is 0 Å². The number of aromatic nitrogens is 2. The summed E-state index contributed by atoms with van der Waals surface area (Å²) in [5, 5.41) is 16.8. The van der Waals surface area contributed by atoms with Crippen molar-refractivity contribution >= 4 is 34.6 Å². The molecule has 1 aromatic heterocycles. The molecule has 0 saturated carbocycles. The van der Waals surface area contributed by atoms with Gasteiger partial charge in [0.2, 0.25) is 5.01 Å². The van der Waals surface area contributed by atoms with Crippen LogP contribution >= 0.6 is 11.3 Å². The topological polar surface area (TPSA) is 105 Å². The fourth-order valence-corrected chi connectivity index (χ4v) is 3.11. The highest BCUT2D eigenvalue weighted by atomic mass is 32.1. The Hall–Kier alpha value is -3.46. The van der Waals surface area contributed by atoms with Gasteiger partial charge in [-0.25, -0.2) is 4.79 Å². The summed E-state index contributed by atoms with van der Waals surface area (Å²) in [6.45, 7) is 2.25. The zero-order valence-electron chi connectivity index (χ0n) is 16.1. The number of urea groups is 1. The van der Waals surface area contributed by atoms with Gasteiger partial charge in [-0.2, -0.15) is 0 Å². The van der Waals surface area contributed by atoms with Crippen molar-refractivity contribution in [3.05, 3.63) is 64.1 Å². The third-order valence-corrected chi connectivity index (χ3v) is 4.95. The molecule has 3 N–H and O–H groups in total. The van der Waals surface area contributed by atoms with Crippen LogP contribution in [0.25, 0.3) is 0 Å². The van der Waals surface area contributed by atoms with Crippen LogP contribution in [0.15, 0.2) is 48.5 Å². The molecule has 9 heteroatoms. The number of nitrogens with zero attached hydrogens (tertiary/aromatic N) is 2. The maximum absolute atomic E-state index is 12.3. The zero-order valence-corrected chi connectivity index (χ0v) is 16.9. The summed E-state index contributed by atoms with van der Waals surface area (Å²) in [6.07, 6.45) is 0.942. The number of hydrogen-bond acceptors (Lipinski definition) is 6. The van der Waals surface area contributed by atoms with Crippen molar-refractivity contribution in [1.29, 1.82) is 0 Å². The van der Waals surface area contributed by atoms with Crippen molar-refractivity contribution in [3.8, 4) is 5.75 Å². The van der Waals surface area contributed by atoms with Crippen molar-refractivity contribution in [1.82, 2.24) is 15.5 Å². The number of methoxy groups -OCH3 is 1. The van der Waals surface area contributed by atoms with Gasteiger partial charge in [-0.3, -0.25) is 4.79 Å². The third kappa shape index (κ3) is 5.76. The average Bonchev–Trinajstić information content (AvgIpc) is 3.23. The second-order valence-electron chi connectivity index (χ2n) is 6.04. The molecule has 0 aliphatic heterocycles. The molecule has 0 aliphatic carbocycles. The maximum Gasteiger partial charge on any atom is 0.319 e. The first-order valence-electron chi connectivity index (χ1n) is 8.99. The SMILES string of the molecule is CCc1ccc(NC(=O)NCc2nnc(C(=O)Nc3ccc(OC)cc3)s2)cc1. The summed E-state index contributed by atoms with van der Waals surface area (Å²) in [5.74, 6) is 0.339. The van der Waals surface area contributed by atoms with E-state index in [-0.39, 0.29) is 23.5 Å². The predicted octanol–water partition coefficient (Wildman–Crippen LogP) is 3.68. The molecule has 0 fully saturated rings. The van der Waals surface area contributed by atoms with Crippen LogP contribution < -0.4 is 20.7 Å². The number of aryl methyl sites for hydroxylation is 1. The number of nitrogens with one attached hydrogen (secondary N) is 3. The molecule has 0 spiro atoms. The molecule has 0 radical (unpaired) electrons. The first-order chi connectivity index (χ1) is 14.1. The first kappa shape index (κ1) is 20.3. The summed E-state index contributed by atoms with van der Waals surface area (Å²) < 4.78 is 5.08. The van der Waals surface area contributed by atoms with Crippen LogP contribution in [-0.4, -0.2) is 29.2 Å². The normalized spacial score (nSPS) is 10.3. The number of benzene rings is 2. The van der Waals surface area contributed by atoms with Crippen LogP contribution in [0.1, 0.15) is 27.3 Å². The minimum Gasteiger partial charge on any atom is -0.497 e. The Morgan fingerprint density at radius 1 is 0.966 bits per heavy atom. The van der Waals surface area contributed by atoms with E-state index in [0.717, 1.165) is 17.8 Å². The van der Waals surface area contributed by atoms with E-state index in [4.69, 9.17) is 4.74 Å². The van der Waals surface area contributed by atoms with Gasteiger partial charge in [0.25, 0.3) is 5.91 Å². The van der Waals surface area contributed by atoms with Gasteiger partial charge < -0.3 is 20.7 Å². The molecule has 2 aromatic carbocycles. The van der Waals surface area contributed by atoms with Crippen LogP contribution in [0.2, 0.25) is 0 Å². The van der Waals surface area contributed by atoms with Gasteiger partial charge in [-0.1, -0.05) is 30.4 Å². The van der Waals surface area contributed by atoms with Crippen LogP contribution in [0.3, 0.4) is 0 Å². The van der Waals surface area contributed by atoms with Crippen molar-refractivity contribution in [2.45, 2.75) is 19.9 Å². The largest absolute Gasteiger partial charge is 0.497 e. The number of rotatable bonds is 7. The lowest BCUT2D eigenvalue weighted by atomic mass is 10.1. The van der Waals surface area contributed by atoms with E-state index < -0.39 is 0 Å². The van der Waals surface area contributed by atoms with E-state index in [9.17, 15) is 9.59 Å². The molecule has 150 valence electrons. The second kappa shape index (κ2) is 9.65. The molecule has 8 nitrogen and oxygen atoms in total. The van der Waals surface area contributed by atoms with Gasteiger partial charge in [-0.15, -0.1) is 10.2 Å². The third-order valence-electron chi connectivity index (χ3n) is 4.03. The molecule has 3 rings (SSSR count). The smallest absolute Gasteiger partial charge is 0.319 e. The average molecular weight is 411 g/mol. The molecule has 0 bridgehead atoms. The van der Waals surface area contributed by atoms with Gasteiger partial charge in [0.1, 0.15) is 10.8 Å². The number of hydrogen-bond donors (Lipinski definition) is 3. The lowest BCUT2D eigenvalue weighted by Crippen LogP contribution is -2.28. The fraction of sp³-hybridized carbons (Fsp3) is 0.200. The standard InChI is InChI=1S/C20H21N5O3S/c1-3-13-4-6-15(7-5-13)23-20(27)21-12-17-24-25-19(29-17)18(26)22-14-8-10-16(28-2)11-9-14/h4-11H,3,12H2,1-2H3,(H,22,26)(H2,21,23,27). The Bertz CT molecular complexity index is 971. The summed E-state index contributed by atoms with van der Waals surface area (Å²) in [4.78, 5) is 24.3. The van der Waals surface area contributed by atoms with E-state index in [1.807, 2.05) is 24.3 Å². The van der Waals surface area contributed by atoms with Crippen molar-refractivity contribution in [2.75, 3.05) is 17.7 Å². The van der Waals surface area contributed by atoms with Gasteiger partial charge >= 0.3 is 6.03 Å². The number of anilines is 2. The highest BCUT2D eigenvalue weighted by Gasteiger charge is 2.14. The minimum absolute atomic E-state index is 0.173. The van der Waals surface area contributed by atoms with Gasteiger partial charge in [0.15, 0.2) is 0 Å². The van der Waals surface area contributed by atoms with Gasteiger partial charge in [0, 0.05) is 11.4 Å². The molecule has 3 amide bonds. The van der Waals surface area contributed by atoms with E-state index in [0.29, 0.717) is 22.1 Å². The summed E-state index contributed by atoms with van der Waals surface area (Å²) in [7, 11) is 1.58. The molecule has 0 atom stereocenters. The number of carbonyl (C=O) groups is 2. The van der Waals surface area contributed by atoms with Crippen LogP contribution in [0.4, 0.5) is 16.2 Å². The fourth-order valence-electron chi connectivity index (χ4n) is 2.43. The minimum atomic E-state index is -0.362. The maximum atomic E-state index is 12.3. The summed E-state index contributed by atoms with van der Waals surface area (Å²) >= 11 is 1.12. The molecule has 0 aliphatic rings. The first-order valence-corrected chi connectivity index (χ1v) is 9.80. The van der Waals surface area contributed by atoms with E-state index in [1.165, 1.54) is 5.56 Å². The van der Waals surface area contributed by atoms with Crippen LogP contribution in [0, 0.1) is 0 Å². The van der Waals surface area contributed by atoms with E-state index in [1.54, 1.807) is 31.4 Å². The Kier molecular flexibility index (Phi) is 6.75. The molecule has 3 aromatic rings. The zero-order chi connectivity index (χ0) is 20.6. The Morgan fingerprint density at radius 2 is 1.62 bits per heavy atom. The van der Waals surface area contributed by atoms with E-state index in [2.05, 4.69) is 33.1 Å². The van der Waals surface area contributed by atoms with Crippen molar-refractivity contribution in [3.63, 3.8) is 0 Å². The second-order valence-corrected chi connectivity index (χ2v) is 7.10. The highest BCUT2D eigenvalue weighted by Crippen LogP contribution is 2.17. The molecule has 0 saturated heterocycles. The molecular weight excluding hydrogens is 390 g/mol. The molecular formula is C20H21N5O3S. The summed E-state index contributed by atoms with van der Waals surface area (Å²) in [6, 6.07) is 14.3. The lowest BCUT2D eigenvalue weighted by Gasteiger charge is -2.06. The lowest BCUT2D eigenvalue weighted by molar-refractivity contribution is 0.102. The number of amides is 3. The van der Waals surface area contributed by atoms with Gasteiger partial charge in [0.05, 0.1) is 13.7 Å². The Morgan fingerprint density at radius 3 is 2.28 bits per heavy atom. The Balaban J connectivity index is 1.49. The van der Waals surface area contributed by atoms with E-state index >= 15 is 0 Å². The Labute approximate surface area is 172 Å². The van der Waals surface area contributed by atoms with Crippen molar-refractivity contribution < 1.29 is 14.3 Å². The molecule has 1 heterocycles. The monoisotopic (exact) mass is 411 g/mol. The molecule has 0 unspecified atom stereocenters. The number of ether oxygens (including phenoxy) is 1. The molecule has 29 heavy (non-hydrogen) atoms. The van der Waals surface area contributed by atoms with Gasteiger partial charge in [-0.05, 0) is 48.4 Å².